The molecular weight excluding hydrogens is 540 g/mol. The highest BCUT2D eigenvalue weighted by Crippen LogP contribution is 2.32. The van der Waals surface area contributed by atoms with Crippen molar-refractivity contribution in [3.05, 3.63) is 77.4 Å². The Balaban J connectivity index is 1.73. The van der Waals surface area contributed by atoms with E-state index in [0.717, 1.165) is 28.7 Å². The summed E-state index contributed by atoms with van der Waals surface area (Å²) in [6.07, 6.45) is -0.182. The number of aryl methyl sites for hydroxylation is 1. The predicted octanol–water partition coefficient (Wildman–Crippen LogP) is 5.42. The molecule has 10 heteroatoms. The van der Waals surface area contributed by atoms with Crippen LogP contribution in [0.1, 0.15) is 66.8 Å². The molecule has 0 bridgehead atoms. The van der Waals surface area contributed by atoms with Crippen molar-refractivity contribution in [3.8, 4) is 5.75 Å². The fourth-order valence-corrected chi connectivity index (χ4v) is 4.67. The lowest BCUT2D eigenvalue weighted by Gasteiger charge is -2.07. The number of rotatable bonds is 11. The van der Waals surface area contributed by atoms with E-state index in [-0.39, 0.29) is 36.5 Å². The summed E-state index contributed by atoms with van der Waals surface area (Å²) in [5, 5.41) is 5.24. The minimum absolute atomic E-state index is 0.0748. The first-order chi connectivity index (χ1) is 20.1. The molecular formula is C32H30N2O8. The fraction of sp³-hybridized carbons (Fsp3) is 0.250. The third-order valence-electron chi connectivity index (χ3n) is 6.50. The highest BCUT2D eigenvalue weighted by atomic mass is 16.7. The van der Waals surface area contributed by atoms with Crippen LogP contribution in [0.5, 0.6) is 5.75 Å². The van der Waals surface area contributed by atoms with Gasteiger partial charge in [0.2, 0.25) is 5.78 Å². The normalized spacial score (nSPS) is 11.4. The largest absolute Gasteiger partial charge is 0.466 e. The first kappa shape index (κ1) is 29.9. The highest BCUT2D eigenvalue weighted by molar-refractivity contribution is 6.46. The van der Waals surface area contributed by atoms with Crippen LogP contribution in [-0.4, -0.2) is 46.4 Å². The molecule has 0 fully saturated rings. The fourth-order valence-electron chi connectivity index (χ4n) is 4.67. The van der Waals surface area contributed by atoms with E-state index >= 15 is 0 Å². The van der Waals surface area contributed by atoms with E-state index in [2.05, 4.69) is 9.72 Å². The number of benzene rings is 3. The quantitative estimate of drug-likeness (QED) is 0.0584. The van der Waals surface area contributed by atoms with E-state index in [1.54, 1.807) is 55.5 Å². The number of hydrogen-bond donors (Lipinski definition) is 0. The van der Waals surface area contributed by atoms with Gasteiger partial charge in [-0.25, -0.2) is 4.79 Å². The molecule has 0 amide bonds. The topological polar surface area (TPSA) is 130 Å². The molecule has 0 saturated carbocycles. The average Bonchev–Trinajstić information content (AvgIpc) is 3.28. The lowest BCUT2D eigenvalue weighted by Crippen LogP contribution is -2.18. The summed E-state index contributed by atoms with van der Waals surface area (Å²) in [7, 11) is 0. The van der Waals surface area contributed by atoms with Crippen LogP contribution in [0.4, 0.5) is 0 Å². The van der Waals surface area contributed by atoms with Crippen LogP contribution in [0.15, 0.2) is 65.8 Å². The summed E-state index contributed by atoms with van der Waals surface area (Å²) in [4.78, 5) is 66.0. The Morgan fingerprint density at radius 2 is 1.33 bits per heavy atom. The van der Waals surface area contributed by atoms with E-state index in [0.29, 0.717) is 23.4 Å². The lowest BCUT2D eigenvalue weighted by atomic mass is 9.99. The zero-order valence-electron chi connectivity index (χ0n) is 23.8. The second-order valence-corrected chi connectivity index (χ2v) is 9.41. The van der Waals surface area contributed by atoms with Crippen LogP contribution in [0.3, 0.4) is 0 Å². The third-order valence-corrected chi connectivity index (χ3v) is 6.50. The van der Waals surface area contributed by atoms with Gasteiger partial charge in [0.15, 0.2) is 5.78 Å². The molecule has 0 spiro atoms. The number of fused-ring (bicyclic) bond motifs is 3. The van der Waals surface area contributed by atoms with Crippen molar-refractivity contribution < 1.29 is 38.3 Å². The van der Waals surface area contributed by atoms with E-state index in [1.165, 1.54) is 6.92 Å². The Bertz CT molecular complexity index is 1730. The number of oxime groups is 1. The molecule has 0 aliphatic heterocycles. The summed E-state index contributed by atoms with van der Waals surface area (Å²) in [6.45, 7) is 7.00. The van der Waals surface area contributed by atoms with Crippen molar-refractivity contribution in [2.75, 3.05) is 6.61 Å². The molecule has 0 unspecified atom stereocenters. The molecule has 0 radical (unpaired) electrons. The van der Waals surface area contributed by atoms with Gasteiger partial charge in [-0.15, -0.1) is 0 Å². The standard InChI is InChI=1S/C32H30N2O8/c1-5-34-28-14-9-22(31(38)21-7-11-24(12-8-21)41-19(3)35)17-25(28)26-18-23(10-15-29(26)34)32(39)27(33-42-20(4)36)13-16-30(37)40-6-2/h7-12,14-15,17-18H,5-6,13,16H2,1-4H3/b33-27+. The molecule has 3 aromatic carbocycles. The van der Waals surface area contributed by atoms with Gasteiger partial charge >= 0.3 is 17.9 Å². The zero-order chi connectivity index (χ0) is 30.4. The molecule has 4 rings (SSSR count). The molecule has 42 heavy (non-hydrogen) atoms. The van der Waals surface area contributed by atoms with E-state index in [1.807, 2.05) is 19.1 Å². The molecule has 4 aromatic rings. The van der Waals surface area contributed by atoms with Crippen molar-refractivity contribution >= 4 is 57.0 Å². The van der Waals surface area contributed by atoms with Crippen molar-refractivity contribution in [2.45, 2.75) is 47.1 Å². The molecule has 0 atom stereocenters. The average molecular weight is 571 g/mol. The molecule has 0 aliphatic carbocycles. The Labute approximate surface area is 241 Å². The van der Waals surface area contributed by atoms with Gasteiger partial charge in [-0.2, -0.15) is 0 Å². The van der Waals surface area contributed by atoms with Crippen molar-refractivity contribution in [3.63, 3.8) is 0 Å². The van der Waals surface area contributed by atoms with Gasteiger partial charge in [0.1, 0.15) is 11.5 Å². The number of hydrogen-bond acceptors (Lipinski definition) is 9. The summed E-state index contributed by atoms with van der Waals surface area (Å²) in [6, 6.07) is 16.9. The zero-order valence-corrected chi connectivity index (χ0v) is 23.8. The summed E-state index contributed by atoms with van der Waals surface area (Å²) >= 11 is 0. The molecule has 0 N–H and O–H groups in total. The number of Topliss-reactive ketones (excluding diaryl/α,β-unsaturated/α-hetero) is 1. The molecule has 1 aromatic heterocycles. The van der Waals surface area contributed by atoms with Crippen molar-refractivity contribution in [1.29, 1.82) is 0 Å². The Morgan fingerprint density at radius 3 is 1.90 bits per heavy atom. The van der Waals surface area contributed by atoms with Crippen LogP contribution in [-0.2, 0) is 30.5 Å². The van der Waals surface area contributed by atoms with E-state index in [9.17, 15) is 24.0 Å². The van der Waals surface area contributed by atoms with Gasteiger partial charge < -0.3 is 18.9 Å². The monoisotopic (exact) mass is 570 g/mol. The first-order valence-corrected chi connectivity index (χ1v) is 13.5. The molecule has 1 heterocycles. The van der Waals surface area contributed by atoms with Crippen LogP contribution >= 0.6 is 0 Å². The van der Waals surface area contributed by atoms with Gasteiger partial charge in [0, 0.05) is 65.3 Å². The third kappa shape index (κ3) is 6.60. The summed E-state index contributed by atoms with van der Waals surface area (Å²) < 4.78 is 12.1. The Kier molecular flexibility index (Phi) is 9.26. The van der Waals surface area contributed by atoms with Gasteiger partial charge in [-0.3, -0.25) is 19.2 Å². The number of ether oxygens (including phenoxy) is 2. The van der Waals surface area contributed by atoms with Crippen LogP contribution in [0, 0.1) is 0 Å². The first-order valence-electron chi connectivity index (χ1n) is 13.5. The van der Waals surface area contributed by atoms with Crippen LogP contribution < -0.4 is 4.74 Å². The smallest absolute Gasteiger partial charge is 0.331 e. The molecule has 0 aliphatic rings. The summed E-state index contributed by atoms with van der Waals surface area (Å²) in [5.74, 6) is -2.02. The number of carbonyl (C=O) groups excluding carboxylic acids is 5. The van der Waals surface area contributed by atoms with E-state index in [4.69, 9.17) is 14.3 Å². The second-order valence-electron chi connectivity index (χ2n) is 9.41. The van der Waals surface area contributed by atoms with Crippen molar-refractivity contribution in [1.82, 2.24) is 4.57 Å². The maximum absolute atomic E-state index is 13.5. The molecule has 10 nitrogen and oxygen atoms in total. The van der Waals surface area contributed by atoms with Crippen molar-refractivity contribution in [2.24, 2.45) is 5.16 Å². The number of carbonyl (C=O) groups is 5. The summed E-state index contributed by atoms with van der Waals surface area (Å²) in [5.41, 5.74) is 2.81. The maximum atomic E-state index is 13.5. The number of ketones is 2. The Hall–Kier alpha value is -5.12. The number of nitrogens with zero attached hydrogens (tertiary/aromatic N) is 2. The molecule has 0 saturated heterocycles. The van der Waals surface area contributed by atoms with Gasteiger partial charge in [-0.1, -0.05) is 5.16 Å². The lowest BCUT2D eigenvalue weighted by molar-refractivity contribution is -0.143. The number of esters is 2. The minimum atomic E-state index is -0.698. The Morgan fingerprint density at radius 1 is 0.738 bits per heavy atom. The van der Waals surface area contributed by atoms with Crippen LogP contribution in [0.25, 0.3) is 21.8 Å². The van der Waals surface area contributed by atoms with Gasteiger partial charge in [0.05, 0.1) is 13.0 Å². The highest BCUT2D eigenvalue weighted by Gasteiger charge is 2.21. The SMILES string of the molecule is CCOC(=O)CC/C(=N\OC(C)=O)C(=O)c1ccc2c(c1)c1cc(C(=O)c3ccc(OC(C)=O)cc3)ccc1n2CC. The van der Waals surface area contributed by atoms with Crippen LogP contribution in [0.2, 0.25) is 0 Å². The second kappa shape index (κ2) is 13.0. The molecule has 216 valence electrons. The minimum Gasteiger partial charge on any atom is -0.466 e. The number of aromatic nitrogens is 1. The van der Waals surface area contributed by atoms with Gasteiger partial charge in [0.25, 0.3) is 0 Å². The van der Waals surface area contributed by atoms with Gasteiger partial charge in [-0.05, 0) is 74.5 Å². The maximum Gasteiger partial charge on any atom is 0.331 e. The predicted molar refractivity (Wildman–Crippen MR) is 156 cm³/mol. The van der Waals surface area contributed by atoms with E-state index < -0.39 is 23.7 Å².